The maximum Gasteiger partial charge on any atom is 0.361 e. The van der Waals surface area contributed by atoms with E-state index in [4.69, 9.17) is 0 Å². The Hall–Kier alpha value is -0.133. The van der Waals surface area contributed by atoms with E-state index in [9.17, 15) is 22.0 Å². The molecule has 50 valence electrons. The van der Waals surface area contributed by atoms with Crippen LogP contribution < -0.4 is 0 Å². The van der Waals surface area contributed by atoms with E-state index < -0.39 is 21.4 Å². The molecule has 0 radical (unpaired) electrons. The first kappa shape index (κ1) is 7.87. The van der Waals surface area contributed by atoms with E-state index in [0.29, 0.717) is 0 Å². The first-order chi connectivity index (χ1) is 3.42. The highest BCUT2D eigenvalue weighted by Crippen LogP contribution is 2.14. The molecule has 0 saturated carbocycles. The van der Waals surface area contributed by atoms with Gasteiger partial charge in [-0.2, -0.15) is 13.2 Å². The Bertz CT molecular complexity index is 65.3. The van der Waals surface area contributed by atoms with E-state index in [0.717, 1.165) is 0 Å². The third kappa shape index (κ3) is 5.87. The van der Waals surface area contributed by atoms with Gasteiger partial charge in [-0.3, -0.25) is 0 Å². The van der Waals surface area contributed by atoms with Crippen molar-refractivity contribution in [1.29, 1.82) is 0 Å². The standard InChI is InChI=1S/C2H3F5Si/c3-1(4)8-2(5,6)7/h1H,8H2. The maximum absolute atomic E-state index is 10.9. The van der Waals surface area contributed by atoms with Crippen LogP contribution in [0.25, 0.3) is 0 Å². The molecule has 0 amide bonds. The Balaban J connectivity index is 3.39. The van der Waals surface area contributed by atoms with Crippen molar-refractivity contribution >= 4 is 9.52 Å². The molecular weight excluding hydrogens is 147 g/mol. The van der Waals surface area contributed by atoms with Crippen molar-refractivity contribution in [3.05, 3.63) is 0 Å². The molecule has 0 heterocycles. The minimum atomic E-state index is -4.59. The highest BCUT2D eigenvalue weighted by atomic mass is 28.2. The summed E-state index contributed by atoms with van der Waals surface area (Å²) in [5, 5.41) is 0. The SMILES string of the molecule is FC(F)[SiH2]C(F)(F)F. The second-order valence-corrected chi connectivity index (χ2v) is 3.04. The summed E-state index contributed by atoms with van der Waals surface area (Å²) in [6.45, 7) is 0. The van der Waals surface area contributed by atoms with Gasteiger partial charge in [-0.05, 0) is 0 Å². The summed E-state index contributed by atoms with van der Waals surface area (Å²) in [4.78, 5) is 0. The van der Waals surface area contributed by atoms with E-state index in [-0.39, 0.29) is 0 Å². The Morgan fingerprint density at radius 3 is 1.50 bits per heavy atom. The molecule has 0 aliphatic carbocycles. The molecule has 0 aromatic heterocycles. The molecule has 0 unspecified atom stereocenters. The lowest BCUT2D eigenvalue weighted by Crippen LogP contribution is -2.25. The fourth-order valence-corrected chi connectivity index (χ4v) is 0.525. The number of halogens is 5. The van der Waals surface area contributed by atoms with E-state index in [1.807, 2.05) is 0 Å². The average Bonchev–Trinajstić information content (AvgIpc) is 1.21. The zero-order valence-corrected chi connectivity index (χ0v) is 5.09. The first-order valence-corrected chi connectivity index (χ1v) is 3.29. The van der Waals surface area contributed by atoms with Crippen LogP contribution >= 0.6 is 0 Å². The molecule has 0 atom stereocenters. The quantitative estimate of drug-likeness (QED) is 0.385. The minimum absolute atomic E-state index is 3.14. The second-order valence-electron chi connectivity index (χ2n) is 1.21. The van der Waals surface area contributed by atoms with Gasteiger partial charge in [-0.15, -0.1) is 0 Å². The van der Waals surface area contributed by atoms with Gasteiger partial charge in [0.25, 0.3) is 0 Å². The Morgan fingerprint density at radius 2 is 1.50 bits per heavy atom. The third-order valence-corrected chi connectivity index (χ3v) is 1.16. The molecule has 0 rings (SSSR count). The molecule has 0 spiro atoms. The molecule has 0 aliphatic heterocycles. The summed E-state index contributed by atoms with van der Waals surface area (Å²) in [6, 6.07) is -3.14. The van der Waals surface area contributed by atoms with Crippen molar-refractivity contribution in [2.75, 3.05) is 0 Å². The fraction of sp³-hybridized carbons (Fsp3) is 1.00. The summed E-state index contributed by atoms with van der Waals surface area (Å²) in [5.74, 6) is -4.59. The highest BCUT2D eigenvalue weighted by molar-refractivity contribution is 6.38. The summed E-state index contributed by atoms with van der Waals surface area (Å²) in [7, 11) is -3.15. The Morgan fingerprint density at radius 1 is 1.12 bits per heavy atom. The molecule has 8 heavy (non-hydrogen) atoms. The van der Waals surface area contributed by atoms with Crippen molar-refractivity contribution in [2.45, 2.75) is 11.8 Å². The van der Waals surface area contributed by atoms with Crippen LogP contribution in [0, 0.1) is 0 Å². The smallest absolute Gasteiger partial charge is 0.216 e. The van der Waals surface area contributed by atoms with Crippen LogP contribution in [0.3, 0.4) is 0 Å². The van der Waals surface area contributed by atoms with Gasteiger partial charge in [0, 0.05) is 0 Å². The molecule has 0 bridgehead atoms. The van der Waals surface area contributed by atoms with Gasteiger partial charge >= 0.3 is 5.80 Å². The maximum atomic E-state index is 10.9. The Kier molecular flexibility index (Phi) is 2.39. The molecule has 0 aromatic rings. The zero-order chi connectivity index (χ0) is 6.78. The lowest BCUT2D eigenvalue weighted by molar-refractivity contribution is -0.0528. The van der Waals surface area contributed by atoms with Crippen LogP contribution in [0.1, 0.15) is 0 Å². The Labute approximate surface area is 44.5 Å². The van der Waals surface area contributed by atoms with Crippen molar-refractivity contribution in [3.8, 4) is 0 Å². The van der Waals surface area contributed by atoms with Gasteiger partial charge in [-0.25, -0.2) is 8.78 Å². The molecule has 0 saturated heterocycles. The van der Waals surface area contributed by atoms with Gasteiger partial charge in [0.1, 0.15) is 0 Å². The number of alkyl halides is 5. The van der Waals surface area contributed by atoms with Gasteiger partial charge in [0.15, 0.2) is 0 Å². The number of hydrogen-bond acceptors (Lipinski definition) is 0. The molecule has 0 N–H and O–H groups in total. The normalized spacial score (nSPS) is 14.2. The van der Waals surface area contributed by atoms with Crippen LogP contribution in [0.15, 0.2) is 0 Å². The van der Waals surface area contributed by atoms with Crippen LogP contribution in [0.4, 0.5) is 22.0 Å². The van der Waals surface area contributed by atoms with Crippen LogP contribution in [-0.2, 0) is 0 Å². The molecule has 6 heteroatoms. The average molecular weight is 150 g/mol. The highest BCUT2D eigenvalue weighted by Gasteiger charge is 2.32. The van der Waals surface area contributed by atoms with Gasteiger partial charge in [0.05, 0.1) is 0 Å². The van der Waals surface area contributed by atoms with E-state index in [2.05, 4.69) is 0 Å². The lowest BCUT2D eigenvalue weighted by Gasteiger charge is -2.01. The third-order valence-electron chi connectivity index (χ3n) is 0.386. The van der Waals surface area contributed by atoms with Crippen LogP contribution in [0.5, 0.6) is 0 Å². The van der Waals surface area contributed by atoms with Crippen molar-refractivity contribution in [2.24, 2.45) is 0 Å². The predicted octanol–water partition coefficient (Wildman–Crippen LogP) is 0.898. The predicted molar refractivity (Wildman–Crippen MR) is 20.6 cm³/mol. The number of rotatable bonds is 1. The second kappa shape index (κ2) is 2.43. The summed E-state index contributed by atoms with van der Waals surface area (Å²) >= 11 is 0. The van der Waals surface area contributed by atoms with Crippen LogP contribution in [-0.4, -0.2) is 21.4 Å². The van der Waals surface area contributed by atoms with Crippen molar-refractivity contribution < 1.29 is 22.0 Å². The van der Waals surface area contributed by atoms with Gasteiger partial charge in [0.2, 0.25) is 15.6 Å². The van der Waals surface area contributed by atoms with E-state index in [1.165, 1.54) is 0 Å². The zero-order valence-electron chi connectivity index (χ0n) is 3.67. The summed E-state index contributed by atoms with van der Waals surface area (Å²) in [6.07, 6.45) is 0. The van der Waals surface area contributed by atoms with E-state index >= 15 is 0 Å². The largest absolute Gasteiger partial charge is 0.361 e. The molecule has 0 aliphatic rings. The fourth-order valence-electron chi connectivity index (χ4n) is 0.175. The molecule has 0 aromatic carbocycles. The lowest BCUT2D eigenvalue weighted by atomic mass is 11.5. The van der Waals surface area contributed by atoms with E-state index in [1.54, 1.807) is 0 Å². The monoisotopic (exact) mass is 150 g/mol. The summed E-state index contributed by atoms with van der Waals surface area (Å²) < 4.78 is 54.4. The van der Waals surface area contributed by atoms with Gasteiger partial charge < -0.3 is 0 Å². The topological polar surface area (TPSA) is 0 Å². The molecular formula is C2H3F5Si. The van der Waals surface area contributed by atoms with Crippen molar-refractivity contribution in [3.63, 3.8) is 0 Å². The van der Waals surface area contributed by atoms with Crippen LogP contribution in [0.2, 0.25) is 0 Å². The first-order valence-electron chi connectivity index (χ1n) is 1.77. The summed E-state index contributed by atoms with van der Waals surface area (Å²) in [5.41, 5.74) is 0. The van der Waals surface area contributed by atoms with Gasteiger partial charge in [-0.1, -0.05) is 0 Å². The van der Waals surface area contributed by atoms with Crippen molar-refractivity contribution in [1.82, 2.24) is 0 Å². The minimum Gasteiger partial charge on any atom is -0.216 e. The molecule has 0 nitrogen and oxygen atoms in total. The number of hydrogen-bond donors (Lipinski definition) is 0. The molecule has 0 fully saturated rings.